The van der Waals surface area contributed by atoms with E-state index in [1.165, 1.54) is 6.07 Å². The minimum atomic E-state index is -0.481. The number of nitrogens with one attached hydrogen (secondary N) is 1. The second kappa shape index (κ2) is 4.91. The molecule has 1 amide bonds. The second-order valence-corrected chi connectivity index (χ2v) is 4.06. The Bertz CT molecular complexity index is 489. The van der Waals surface area contributed by atoms with Crippen LogP contribution in [0.25, 0.3) is 0 Å². The number of nitrogens with zero attached hydrogens (tertiary/aromatic N) is 2. The highest BCUT2D eigenvalue weighted by molar-refractivity contribution is 5.79. The molecule has 1 aliphatic heterocycles. The van der Waals surface area contributed by atoms with E-state index in [4.69, 9.17) is 5.73 Å². The Hall–Kier alpha value is -2.31. The number of nitro groups is 1. The minimum absolute atomic E-state index is 0.0379. The van der Waals surface area contributed by atoms with Gasteiger partial charge in [0.2, 0.25) is 5.91 Å². The largest absolute Gasteiger partial charge is 0.393 e. The van der Waals surface area contributed by atoms with E-state index in [2.05, 4.69) is 5.32 Å². The van der Waals surface area contributed by atoms with Gasteiger partial charge in [-0.3, -0.25) is 14.9 Å². The summed E-state index contributed by atoms with van der Waals surface area (Å²) in [6.45, 7) is 1.47. The maximum atomic E-state index is 11.2. The van der Waals surface area contributed by atoms with E-state index in [1.54, 1.807) is 12.1 Å². The zero-order valence-electron chi connectivity index (χ0n) is 9.76. The zero-order valence-corrected chi connectivity index (χ0v) is 9.76. The number of anilines is 2. The van der Waals surface area contributed by atoms with Gasteiger partial charge in [0.15, 0.2) is 0 Å². The normalized spacial score (nSPS) is 16.0. The molecule has 3 N–H and O–H groups in total. The lowest BCUT2D eigenvalue weighted by Gasteiger charge is -2.21. The van der Waals surface area contributed by atoms with Crippen molar-refractivity contribution in [2.75, 3.05) is 30.3 Å². The molecule has 0 radical (unpaired) electrons. The summed E-state index contributed by atoms with van der Waals surface area (Å²) in [5.74, 6) is -0.0379. The van der Waals surface area contributed by atoms with Crippen LogP contribution in [-0.2, 0) is 4.79 Å². The van der Waals surface area contributed by atoms with Crippen molar-refractivity contribution in [2.45, 2.75) is 6.42 Å². The number of nitro benzene ring substituents is 1. The summed E-state index contributed by atoms with van der Waals surface area (Å²) in [5.41, 5.74) is 6.16. The fourth-order valence-corrected chi connectivity index (χ4v) is 2.01. The Kier molecular flexibility index (Phi) is 3.31. The van der Waals surface area contributed by atoms with E-state index < -0.39 is 4.92 Å². The van der Waals surface area contributed by atoms with Crippen molar-refractivity contribution in [3.05, 3.63) is 28.3 Å². The molecule has 1 heterocycles. The number of carbonyl (C=O) groups is 1. The zero-order chi connectivity index (χ0) is 13.1. The van der Waals surface area contributed by atoms with Gasteiger partial charge in [-0.15, -0.1) is 0 Å². The summed E-state index contributed by atoms with van der Waals surface area (Å²) in [5, 5.41) is 13.8. The van der Waals surface area contributed by atoms with E-state index in [0.29, 0.717) is 31.7 Å². The first kappa shape index (κ1) is 12.2. The number of nitrogen functional groups attached to an aromatic ring is 1. The first-order valence-electron chi connectivity index (χ1n) is 5.64. The van der Waals surface area contributed by atoms with Gasteiger partial charge in [-0.05, 0) is 12.1 Å². The molecule has 0 unspecified atom stereocenters. The molecule has 0 aromatic heterocycles. The molecule has 1 aromatic carbocycles. The SMILES string of the molecule is Nc1cccc(N2CCNC(=O)CC2)c1[N+](=O)[O-]. The Morgan fingerprint density at radius 3 is 2.89 bits per heavy atom. The quantitative estimate of drug-likeness (QED) is 0.452. The first-order chi connectivity index (χ1) is 8.59. The van der Waals surface area contributed by atoms with Gasteiger partial charge in [0.25, 0.3) is 0 Å². The molecule has 0 spiro atoms. The summed E-state index contributed by atoms with van der Waals surface area (Å²) in [7, 11) is 0. The fraction of sp³-hybridized carbons (Fsp3) is 0.364. The maximum Gasteiger partial charge on any atom is 0.315 e. The van der Waals surface area contributed by atoms with E-state index in [9.17, 15) is 14.9 Å². The lowest BCUT2D eigenvalue weighted by Crippen LogP contribution is -2.29. The van der Waals surface area contributed by atoms with Gasteiger partial charge in [0.1, 0.15) is 11.4 Å². The lowest BCUT2D eigenvalue weighted by atomic mass is 10.2. The van der Waals surface area contributed by atoms with Gasteiger partial charge in [0.05, 0.1) is 4.92 Å². The van der Waals surface area contributed by atoms with E-state index >= 15 is 0 Å². The molecule has 1 fully saturated rings. The molecule has 1 aliphatic rings. The molecular weight excluding hydrogens is 236 g/mol. The number of hydrogen-bond donors (Lipinski definition) is 2. The van der Waals surface area contributed by atoms with Crippen LogP contribution < -0.4 is 16.0 Å². The monoisotopic (exact) mass is 250 g/mol. The Balaban J connectivity index is 2.35. The molecule has 18 heavy (non-hydrogen) atoms. The number of carbonyl (C=O) groups excluding carboxylic acids is 1. The Labute approximate surface area is 104 Å². The van der Waals surface area contributed by atoms with Crippen molar-refractivity contribution in [1.29, 1.82) is 0 Å². The van der Waals surface area contributed by atoms with E-state index in [1.807, 2.05) is 4.90 Å². The molecule has 0 aliphatic carbocycles. The van der Waals surface area contributed by atoms with Gasteiger partial charge in [-0.1, -0.05) is 6.07 Å². The lowest BCUT2D eigenvalue weighted by molar-refractivity contribution is -0.383. The van der Waals surface area contributed by atoms with Gasteiger partial charge in [0, 0.05) is 26.1 Å². The molecule has 1 aromatic rings. The number of amides is 1. The number of hydrogen-bond acceptors (Lipinski definition) is 5. The van der Waals surface area contributed by atoms with Crippen LogP contribution in [0, 0.1) is 10.1 Å². The van der Waals surface area contributed by atoms with Crippen molar-refractivity contribution in [3.8, 4) is 0 Å². The molecule has 7 heteroatoms. The van der Waals surface area contributed by atoms with Gasteiger partial charge >= 0.3 is 5.69 Å². The summed E-state index contributed by atoms with van der Waals surface area (Å²) in [6, 6.07) is 4.84. The van der Waals surface area contributed by atoms with Crippen LogP contribution in [0.4, 0.5) is 17.1 Å². The summed E-state index contributed by atoms with van der Waals surface area (Å²) in [6.07, 6.45) is 0.325. The topological polar surface area (TPSA) is 102 Å². The summed E-state index contributed by atoms with van der Waals surface area (Å²) >= 11 is 0. The predicted octanol–water partition coefficient (Wildman–Crippen LogP) is 0.503. The minimum Gasteiger partial charge on any atom is -0.393 e. The standard InChI is InChI=1S/C11H14N4O3/c12-8-2-1-3-9(11(8)15(17)18)14-6-4-10(16)13-5-7-14/h1-3H,4-7,12H2,(H,13,16). The molecule has 0 atom stereocenters. The van der Waals surface area contributed by atoms with Crippen molar-refractivity contribution < 1.29 is 9.72 Å². The summed E-state index contributed by atoms with van der Waals surface area (Å²) in [4.78, 5) is 23.6. The highest BCUT2D eigenvalue weighted by Gasteiger charge is 2.24. The van der Waals surface area contributed by atoms with Crippen LogP contribution in [-0.4, -0.2) is 30.5 Å². The first-order valence-corrected chi connectivity index (χ1v) is 5.64. The molecule has 2 rings (SSSR count). The summed E-state index contributed by atoms with van der Waals surface area (Å²) < 4.78 is 0. The third kappa shape index (κ3) is 2.34. The van der Waals surface area contributed by atoms with Crippen LogP contribution in [0.3, 0.4) is 0 Å². The molecular formula is C11H14N4O3. The highest BCUT2D eigenvalue weighted by Crippen LogP contribution is 2.33. The van der Waals surface area contributed by atoms with Crippen LogP contribution in [0.5, 0.6) is 0 Å². The molecule has 1 saturated heterocycles. The van der Waals surface area contributed by atoms with Crippen molar-refractivity contribution >= 4 is 23.0 Å². The van der Waals surface area contributed by atoms with E-state index in [-0.39, 0.29) is 17.3 Å². The number of para-hydroxylation sites is 1. The third-order valence-electron chi connectivity index (χ3n) is 2.88. The smallest absolute Gasteiger partial charge is 0.315 e. The predicted molar refractivity (Wildman–Crippen MR) is 67.3 cm³/mol. The maximum absolute atomic E-state index is 11.2. The number of benzene rings is 1. The van der Waals surface area contributed by atoms with Crippen molar-refractivity contribution in [3.63, 3.8) is 0 Å². The third-order valence-corrected chi connectivity index (χ3v) is 2.88. The van der Waals surface area contributed by atoms with Gasteiger partial charge in [-0.2, -0.15) is 0 Å². The molecule has 0 saturated carbocycles. The average Bonchev–Trinajstić information content (AvgIpc) is 2.53. The van der Waals surface area contributed by atoms with Gasteiger partial charge < -0.3 is 16.0 Å². The van der Waals surface area contributed by atoms with Crippen LogP contribution in [0.1, 0.15) is 6.42 Å². The van der Waals surface area contributed by atoms with Crippen LogP contribution in [0.2, 0.25) is 0 Å². The van der Waals surface area contributed by atoms with Crippen LogP contribution in [0.15, 0.2) is 18.2 Å². The fourth-order valence-electron chi connectivity index (χ4n) is 2.01. The average molecular weight is 250 g/mol. The van der Waals surface area contributed by atoms with Gasteiger partial charge in [-0.25, -0.2) is 0 Å². The van der Waals surface area contributed by atoms with Crippen molar-refractivity contribution in [1.82, 2.24) is 5.32 Å². The Morgan fingerprint density at radius 2 is 2.17 bits per heavy atom. The van der Waals surface area contributed by atoms with Crippen molar-refractivity contribution in [2.24, 2.45) is 0 Å². The Morgan fingerprint density at radius 1 is 1.39 bits per heavy atom. The van der Waals surface area contributed by atoms with E-state index in [0.717, 1.165) is 0 Å². The second-order valence-electron chi connectivity index (χ2n) is 4.06. The van der Waals surface area contributed by atoms with Crippen LogP contribution >= 0.6 is 0 Å². The molecule has 0 bridgehead atoms. The number of nitrogens with two attached hydrogens (primary N) is 1. The molecule has 96 valence electrons. The molecule has 7 nitrogen and oxygen atoms in total. The highest BCUT2D eigenvalue weighted by atomic mass is 16.6. The number of rotatable bonds is 2.